The Morgan fingerprint density at radius 3 is 2.50 bits per heavy atom. The predicted octanol–water partition coefficient (Wildman–Crippen LogP) is 2.11. The summed E-state index contributed by atoms with van der Waals surface area (Å²) in [5, 5.41) is 3.73. The molecule has 0 spiro atoms. The van der Waals surface area contributed by atoms with E-state index in [9.17, 15) is 4.79 Å². The standard InChI is InChI=1S/C19H37N3O2/c1-15(22-10-11-24-14-16(22)2)13-20-17-6-8-21(9-7-17)18(23)12-19(3,4)5/h15-17,20H,6-14H2,1-5H3/t15-,16-/m0/s1. The van der Waals surface area contributed by atoms with Crippen LogP contribution in [-0.2, 0) is 9.53 Å². The first-order valence-corrected chi connectivity index (χ1v) is 9.61. The molecule has 24 heavy (non-hydrogen) atoms. The Kier molecular flexibility index (Phi) is 7.08. The predicted molar refractivity (Wildman–Crippen MR) is 98.1 cm³/mol. The quantitative estimate of drug-likeness (QED) is 0.833. The van der Waals surface area contributed by atoms with E-state index in [0.717, 1.165) is 52.2 Å². The monoisotopic (exact) mass is 339 g/mol. The third-order valence-electron chi connectivity index (χ3n) is 5.22. The van der Waals surface area contributed by atoms with Crippen LogP contribution in [0.25, 0.3) is 0 Å². The second-order valence-electron chi connectivity index (χ2n) is 8.81. The van der Waals surface area contributed by atoms with Gasteiger partial charge in [-0.1, -0.05) is 20.8 Å². The molecule has 0 saturated carbocycles. The number of rotatable bonds is 5. The van der Waals surface area contributed by atoms with Gasteiger partial charge in [0.25, 0.3) is 0 Å². The molecule has 1 amide bonds. The molecule has 2 aliphatic rings. The number of piperidine rings is 1. The van der Waals surface area contributed by atoms with Crippen LogP contribution in [0.5, 0.6) is 0 Å². The molecule has 0 unspecified atom stereocenters. The van der Waals surface area contributed by atoms with Gasteiger partial charge in [-0.05, 0) is 32.1 Å². The second kappa shape index (κ2) is 8.63. The van der Waals surface area contributed by atoms with Crippen LogP contribution >= 0.6 is 0 Å². The fraction of sp³-hybridized carbons (Fsp3) is 0.947. The lowest BCUT2D eigenvalue weighted by Crippen LogP contribution is -2.53. The van der Waals surface area contributed by atoms with Gasteiger partial charge in [0, 0.05) is 50.7 Å². The van der Waals surface area contributed by atoms with Gasteiger partial charge in [0.1, 0.15) is 0 Å². The zero-order valence-electron chi connectivity index (χ0n) is 16.3. The Labute approximate surface area is 148 Å². The Bertz CT molecular complexity index is 400. The van der Waals surface area contributed by atoms with E-state index >= 15 is 0 Å². The van der Waals surface area contributed by atoms with Crippen molar-refractivity contribution in [3.8, 4) is 0 Å². The van der Waals surface area contributed by atoms with Crippen LogP contribution in [0.2, 0.25) is 0 Å². The summed E-state index contributed by atoms with van der Waals surface area (Å²) in [5.41, 5.74) is 0.0798. The van der Waals surface area contributed by atoms with E-state index in [-0.39, 0.29) is 5.41 Å². The van der Waals surface area contributed by atoms with E-state index in [1.165, 1.54) is 0 Å². The molecule has 5 nitrogen and oxygen atoms in total. The summed E-state index contributed by atoms with van der Waals surface area (Å²) in [6.45, 7) is 16.5. The Hall–Kier alpha value is -0.650. The Morgan fingerprint density at radius 2 is 1.92 bits per heavy atom. The molecular formula is C19H37N3O2. The molecule has 0 bridgehead atoms. The largest absolute Gasteiger partial charge is 0.379 e. The fourth-order valence-corrected chi connectivity index (χ4v) is 3.75. The number of hydrogen-bond donors (Lipinski definition) is 1. The summed E-state index contributed by atoms with van der Waals surface area (Å²) in [5.74, 6) is 0.316. The zero-order valence-corrected chi connectivity index (χ0v) is 16.3. The molecular weight excluding hydrogens is 302 g/mol. The van der Waals surface area contributed by atoms with E-state index in [4.69, 9.17) is 4.74 Å². The van der Waals surface area contributed by atoms with Crippen LogP contribution in [-0.4, -0.2) is 73.2 Å². The summed E-state index contributed by atoms with van der Waals surface area (Å²) in [6, 6.07) is 1.58. The summed E-state index contributed by atoms with van der Waals surface area (Å²) in [4.78, 5) is 16.9. The van der Waals surface area contributed by atoms with Crippen molar-refractivity contribution < 1.29 is 9.53 Å². The molecule has 2 atom stereocenters. The van der Waals surface area contributed by atoms with Gasteiger partial charge in [0.05, 0.1) is 13.2 Å². The number of hydrogen-bond acceptors (Lipinski definition) is 4. The Balaban J connectivity index is 1.68. The smallest absolute Gasteiger partial charge is 0.223 e. The first-order chi connectivity index (χ1) is 11.3. The van der Waals surface area contributed by atoms with Crippen molar-refractivity contribution in [2.45, 2.75) is 72.0 Å². The van der Waals surface area contributed by atoms with Gasteiger partial charge in [-0.2, -0.15) is 0 Å². The van der Waals surface area contributed by atoms with Gasteiger partial charge in [0.2, 0.25) is 5.91 Å². The SMILES string of the molecule is C[C@@H](CNC1CCN(C(=O)CC(C)(C)C)CC1)N1CCOC[C@@H]1C. The van der Waals surface area contributed by atoms with Crippen molar-refractivity contribution in [3.05, 3.63) is 0 Å². The number of ether oxygens (including phenoxy) is 1. The highest BCUT2D eigenvalue weighted by Gasteiger charge is 2.27. The van der Waals surface area contributed by atoms with Crippen molar-refractivity contribution >= 4 is 5.91 Å². The highest BCUT2D eigenvalue weighted by atomic mass is 16.5. The van der Waals surface area contributed by atoms with Crippen LogP contribution in [0.3, 0.4) is 0 Å². The maximum Gasteiger partial charge on any atom is 0.223 e. The molecule has 2 aliphatic heterocycles. The number of nitrogens with one attached hydrogen (secondary N) is 1. The van der Waals surface area contributed by atoms with Crippen LogP contribution < -0.4 is 5.32 Å². The highest BCUT2D eigenvalue weighted by Crippen LogP contribution is 2.21. The molecule has 0 aromatic rings. The third-order valence-corrected chi connectivity index (χ3v) is 5.22. The lowest BCUT2D eigenvalue weighted by Gasteiger charge is -2.39. The van der Waals surface area contributed by atoms with Crippen molar-refractivity contribution in [1.29, 1.82) is 0 Å². The van der Waals surface area contributed by atoms with Gasteiger partial charge >= 0.3 is 0 Å². The molecule has 0 radical (unpaired) electrons. The summed E-state index contributed by atoms with van der Waals surface area (Å²) >= 11 is 0. The molecule has 5 heteroatoms. The van der Waals surface area contributed by atoms with Gasteiger partial charge in [-0.25, -0.2) is 0 Å². The summed E-state index contributed by atoms with van der Waals surface area (Å²) in [6.07, 6.45) is 2.79. The van der Waals surface area contributed by atoms with E-state index in [0.29, 0.717) is 30.5 Å². The number of carbonyl (C=O) groups is 1. The molecule has 2 heterocycles. The molecule has 1 N–H and O–H groups in total. The van der Waals surface area contributed by atoms with E-state index < -0.39 is 0 Å². The highest BCUT2D eigenvalue weighted by molar-refractivity contribution is 5.76. The number of amides is 1. The normalized spacial score (nSPS) is 25.7. The third kappa shape index (κ3) is 6.01. The number of likely N-dealkylation sites (tertiary alicyclic amines) is 1. The summed E-state index contributed by atoms with van der Waals surface area (Å²) < 4.78 is 5.53. The van der Waals surface area contributed by atoms with Crippen LogP contribution in [0.15, 0.2) is 0 Å². The van der Waals surface area contributed by atoms with Crippen molar-refractivity contribution in [1.82, 2.24) is 15.1 Å². The van der Waals surface area contributed by atoms with Crippen LogP contribution in [0, 0.1) is 5.41 Å². The van der Waals surface area contributed by atoms with Gasteiger partial charge < -0.3 is 15.0 Å². The average Bonchev–Trinajstić information content (AvgIpc) is 2.52. The number of nitrogens with zero attached hydrogens (tertiary/aromatic N) is 2. The molecule has 0 aromatic carbocycles. The summed E-state index contributed by atoms with van der Waals surface area (Å²) in [7, 11) is 0. The average molecular weight is 340 g/mol. The Morgan fingerprint density at radius 1 is 1.25 bits per heavy atom. The zero-order chi connectivity index (χ0) is 17.7. The second-order valence-corrected chi connectivity index (χ2v) is 8.81. The molecule has 2 rings (SSSR count). The lowest BCUT2D eigenvalue weighted by molar-refractivity contribution is -0.134. The molecule has 2 saturated heterocycles. The van der Waals surface area contributed by atoms with Crippen molar-refractivity contribution in [2.24, 2.45) is 5.41 Å². The van der Waals surface area contributed by atoms with E-state index in [1.54, 1.807) is 0 Å². The van der Waals surface area contributed by atoms with Gasteiger partial charge in [-0.3, -0.25) is 9.69 Å². The van der Waals surface area contributed by atoms with E-state index in [2.05, 4.69) is 49.7 Å². The van der Waals surface area contributed by atoms with Crippen molar-refractivity contribution in [2.75, 3.05) is 39.4 Å². The van der Waals surface area contributed by atoms with Crippen molar-refractivity contribution in [3.63, 3.8) is 0 Å². The molecule has 0 aromatic heterocycles. The first-order valence-electron chi connectivity index (χ1n) is 9.61. The minimum absolute atomic E-state index is 0.0798. The fourth-order valence-electron chi connectivity index (χ4n) is 3.75. The number of carbonyl (C=O) groups excluding carboxylic acids is 1. The molecule has 0 aliphatic carbocycles. The molecule has 140 valence electrons. The minimum Gasteiger partial charge on any atom is -0.379 e. The van der Waals surface area contributed by atoms with Crippen LogP contribution in [0.1, 0.15) is 53.9 Å². The maximum absolute atomic E-state index is 12.3. The topological polar surface area (TPSA) is 44.8 Å². The van der Waals surface area contributed by atoms with Gasteiger partial charge in [0.15, 0.2) is 0 Å². The minimum atomic E-state index is 0.0798. The van der Waals surface area contributed by atoms with Crippen LogP contribution in [0.4, 0.5) is 0 Å². The number of morpholine rings is 1. The van der Waals surface area contributed by atoms with Gasteiger partial charge in [-0.15, -0.1) is 0 Å². The lowest BCUT2D eigenvalue weighted by atomic mass is 9.91. The van der Waals surface area contributed by atoms with E-state index in [1.807, 2.05) is 0 Å². The molecule has 2 fully saturated rings. The first kappa shape index (κ1) is 19.7. The maximum atomic E-state index is 12.3.